The number of amides is 1. The van der Waals surface area contributed by atoms with Crippen LogP contribution in [0, 0.1) is 5.41 Å². The van der Waals surface area contributed by atoms with E-state index < -0.39 is 0 Å². The maximum atomic E-state index is 11.8. The molecule has 1 unspecified atom stereocenters. The van der Waals surface area contributed by atoms with E-state index in [1.54, 1.807) is 0 Å². The largest absolute Gasteiger partial charge is 0.494 e. The first kappa shape index (κ1) is 18.8. The molecule has 1 aliphatic rings. The smallest absolute Gasteiger partial charge is 0.225 e. The molecule has 1 heterocycles. The van der Waals surface area contributed by atoms with Gasteiger partial charge in [0.25, 0.3) is 0 Å². The molecule has 4 heteroatoms. The van der Waals surface area contributed by atoms with Crippen LogP contribution >= 0.6 is 0 Å². The number of nitrogens with one attached hydrogen (secondary N) is 1. The highest BCUT2D eigenvalue weighted by molar-refractivity contribution is 5.81. The summed E-state index contributed by atoms with van der Waals surface area (Å²) in [5.41, 5.74) is 0.983. The van der Waals surface area contributed by atoms with Gasteiger partial charge in [-0.1, -0.05) is 32.9 Å². The molecule has 1 aliphatic heterocycles. The maximum absolute atomic E-state index is 11.8. The van der Waals surface area contributed by atoms with Gasteiger partial charge in [0.15, 0.2) is 0 Å². The Hall–Kier alpha value is -1.55. The zero-order valence-corrected chi connectivity index (χ0v) is 15.6. The van der Waals surface area contributed by atoms with Crippen LogP contribution in [0.1, 0.15) is 58.6 Å². The second kappa shape index (κ2) is 8.52. The minimum Gasteiger partial charge on any atom is -0.494 e. The molecule has 0 aromatic heterocycles. The topological polar surface area (TPSA) is 41.6 Å². The van der Waals surface area contributed by atoms with E-state index in [2.05, 4.69) is 35.3 Å². The van der Waals surface area contributed by atoms with Crippen molar-refractivity contribution in [3.8, 4) is 5.75 Å². The van der Waals surface area contributed by atoms with E-state index in [1.807, 2.05) is 26.8 Å². The Morgan fingerprint density at radius 3 is 2.67 bits per heavy atom. The van der Waals surface area contributed by atoms with Gasteiger partial charge in [-0.3, -0.25) is 9.69 Å². The van der Waals surface area contributed by atoms with Crippen LogP contribution in [0.5, 0.6) is 5.75 Å². The van der Waals surface area contributed by atoms with Crippen molar-refractivity contribution in [3.05, 3.63) is 29.8 Å². The highest BCUT2D eigenvalue weighted by Crippen LogP contribution is 2.26. The molecule has 1 saturated heterocycles. The lowest BCUT2D eigenvalue weighted by Gasteiger charge is -2.24. The van der Waals surface area contributed by atoms with Crippen LogP contribution < -0.4 is 10.1 Å². The third kappa shape index (κ3) is 5.52. The molecular formula is C20H32N2O2. The van der Waals surface area contributed by atoms with Crippen molar-refractivity contribution in [1.29, 1.82) is 0 Å². The Morgan fingerprint density at radius 1 is 1.29 bits per heavy atom. The van der Waals surface area contributed by atoms with Crippen molar-refractivity contribution in [2.24, 2.45) is 5.41 Å². The highest BCUT2D eigenvalue weighted by Gasteiger charge is 2.20. The lowest BCUT2D eigenvalue weighted by atomic mass is 9.96. The molecule has 0 bridgehead atoms. The monoisotopic (exact) mass is 332 g/mol. The van der Waals surface area contributed by atoms with E-state index in [4.69, 9.17) is 4.74 Å². The van der Waals surface area contributed by atoms with E-state index in [-0.39, 0.29) is 11.3 Å². The molecule has 1 aromatic rings. The van der Waals surface area contributed by atoms with Crippen molar-refractivity contribution in [3.63, 3.8) is 0 Å². The predicted octanol–water partition coefficient (Wildman–Crippen LogP) is 3.77. The molecule has 1 N–H and O–H groups in total. The van der Waals surface area contributed by atoms with Crippen LogP contribution in [0.25, 0.3) is 0 Å². The zero-order chi connectivity index (χ0) is 17.6. The lowest BCUT2D eigenvalue weighted by molar-refractivity contribution is -0.128. The first-order chi connectivity index (χ1) is 11.4. The van der Waals surface area contributed by atoms with Crippen molar-refractivity contribution >= 4 is 5.91 Å². The Labute approximate surface area is 146 Å². The summed E-state index contributed by atoms with van der Waals surface area (Å²) >= 11 is 0. The summed E-state index contributed by atoms with van der Waals surface area (Å²) in [4.78, 5) is 14.3. The molecule has 1 amide bonds. The number of carbonyl (C=O) groups excluding carboxylic acids is 1. The third-order valence-corrected chi connectivity index (χ3v) is 4.59. The molecule has 4 nitrogen and oxygen atoms in total. The number of carbonyl (C=O) groups is 1. The summed E-state index contributed by atoms with van der Waals surface area (Å²) in [6.45, 7) is 11.7. The van der Waals surface area contributed by atoms with E-state index >= 15 is 0 Å². The summed E-state index contributed by atoms with van der Waals surface area (Å²) in [5.74, 6) is 1.00. The number of benzene rings is 1. The molecule has 24 heavy (non-hydrogen) atoms. The number of hydrogen-bond donors (Lipinski definition) is 1. The minimum absolute atomic E-state index is 0.0870. The normalized spacial score (nSPS) is 16.8. The predicted molar refractivity (Wildman–Crippen MR) is 98.2 cm³/mol. The average molecular weight is 332 g/mol. The molecule has 0 saturated carbocycles. The van der Waals surface area contributed by atoms with Crippen LogP contribution in [-0.4, -0.2) is 37.0 Å². The molecule has 134 valence electrons. The quantitative estimate of drug-likeness (QED) is 0.773. The molecule has 1 atom stereocenters. The number of likely N-dealkylation sites (tertiary alicyclic amines) is 1. The van der Waals surface area contributed by atoms with Gasteiger partial charge >= 0.3 is 0 Å². The fourth-order valence-electron chi connectivity index (χ4n) is 2.93. The number of nitrogens with zero attached hydrogens (tertiary/aromatic N) is 1. The Morgan fingerprint density at radius 2 is 2.00 bits per heavy atom. The van der Waals surface area contributed by atoms with Crippen molar-refractivity contribution < 1.29 is 9.53 Å². The van der Waals surface area contributed by atoms with Crippen molar-refractivity contribution in [2.45, 2.75) is 53.0 Å². The van der Waals surface area contributed by atoms with Gasteiger partial charge in [-0.25, -0.2) is 0 Å². The molecule has 1 fully saturated rings. The molecule has 0 radical (unpaired) electrons. The second-order valence-corrected chi connectivity index (χ2v) is 7.70. The highest BCUT2D eigenvalue weighted by atomic mass is 16.5. The fourth-order valence-corrected chi connectivity index (χ4v) is 2.93. The summed E-state index contributed by atoms with van der Waals surface area (Å²) in [6.07, 6.45) is 3.43. The first-order valence-electron chi connectivity index (χ1n) is 9.13. The Balaban J connectivity index is 1.75. The molecule has 0 spiro atoms. The molecule has 2 rings (SSSR count). The standard InChI is InChI=1S/C20H32N2O2/c1-16(22-12-5-6-13-22)17-9-7-10-18(15-17)24-14-8-11-21-19(23)20(2,3)4/h7,9-10,15-16H,5-6,8,11-14H2,1-4H3,(H,21,23). The van der Waals surface area contributed by atoms with Gasteiger partial charge in [-0.05, 0) is 57.0 Å². The van der Waals surface area contributed by atoms with Crippen LogP contribution in [0.15, 0.2) is 24.3 Å². The van der Waals surface area contributed by atoms with Crippen LogP contribution in [-0.2, 0) is 4.79 Å². The second-order valence-electron chi connectivity index (χ2n) is 7.70. The number of ether oxygens (including phenoxy) is 1. The van der Waals surface area contributed by atoms with Gasteiger partial charge in [0.1, 0.15) is 5.75 Å². The summed E-state index contributed by atoms with van der Waals surface area (Å²) < 4.78 is 5.86. The third-order valence-electron chi connectivity index (χ3n) is 4.59. The lowest BCUT2D eigenvalue weighted by Crippen LogP contribution is -2.35. The molecular weight excluding hydrogens is 300 g/mol. The van der Waals surface area contributed by atoms with Crippen LogP contribution in [0.2, 0.25) is 0 Å². The summed E-state index contributed by atoms with van der Waals surface area (Å²) in [7, 11) is 0. The van der Waals surface area contributed by atoms with Gasteiger partial charge in [0.2, 0.25) is 5.91 Å². The number of hydrogen-bond acceptors (Lipinski definition) is 3. The molecule has 1 aromatic carbocycles. The Bertz CT molecular complexity index is 531. The van der Waals surface area contributed by atoms with Gasteiger partial charge < -0.3 is 10.1 Å². The summed E-state index contributed by atoms with van der Waals surface area (Å²) in [6, 6.07) is 8.85. The van der Waals surface area contributed by atoms with Crippen LogP contribution in [0.3, 0.4) is 0 Å². The van der Waals surface area contributed by atoms with Crippen LogP contribution in [0.4, 0.5) is 0 Å². The van der Waals surface area contributed by atoms with Crippen molar-refractivity contribution in [1.82, 2.24) is 10.2 Å². The fraction of sp³-hybridized carbons (Fsp3) is 0.650. The zero-order valence-electron chi connectivity index (χ0n) is 15.6. The van der Waals surface area contributed by atoms with Gasteiger partial charge in [0, 0.05) is 18.0 Å². The molecule has 0 aliphatic carbocycles. The maximum Gasteiger partial charge on any atom is 0.225 e. The minimum atomic E-state index is -0.332. The summed E-state index contributed by atoms with van der Waals surface area (Å²) in [5, 5.41) is 2.95. The van der Waals surface area contributed by atoms with E-state index in [0.717, 1.165) is 12.2 Å². The average Bonchev–Trinajstić information content (AvgIpc) is 3.07. The first-order valence-corrected chi connectivity index (χ1v) is 9.13. The Kier molecular flexibility index (Phi) is 6.67. The van der Waals surface area contributed by atoms with E-state index in [1.165, 1.54) is 31.5 Å². The van der Waals surface area contributed by atoms with E-state index in [0.29, 0.717) is 19.2 Å². The van der Waals surface area contributed by atoms with E-state index in [9.17, 15) is 4.79 Å². The SMILES string of the molecule is CC(c1cccc(OCCCNC(=O)C(C)(C)C)c1)N1CCCC1. The van der Waals surface area contributed by atoms with Gasteiger partial charge in [0.05, 0.1) is 6.61 Å². The van der Waals surface area contributed by atoms with Crippen molar-refractivity contribution in [2.75, 3.05) is 26.2 Å². The number of rotatable bonds is 7. The van der Waals surface area contributed by atoms with Gasteiger partial charge in [-0.2, -0.15) is 0 Å². The van der Waals surface area contributed by atoms with Gasteiger partial charge in [-0.15, -0.1) is 0 Å².